The van der Waals surface area contributed by atoms with E-state index in [1.54, 1.807) is 0 Å². The van der Waals surface area contributed by atoms with Gasteiger partial charge in [0.25, 0.3) is 0 Å². The summed E-state index contributed by atoms with van der Waals surface area (Å²) < 4.78 is 0. The van der Waals surface area contributed by atoms with Crippen molar-refractivity contribution < 1.29 is 4.79 Å². The Morgan fingerprint density at radius 3 is 2.37 bits per heavy atom. The molecule has 0 radical (unpaired) electrons. The number of piperidine rings is 1. The normalized spacial score (nSPS) is 31.8. The minimum Gasteiger partial charge on any atom is -0.334 e. The molecule has 3 atom stereocenters. The third-order valence-electron chi connectivity index (χ3n) is 4.81. The predicted molar refractivity (Wildman–Crippen MR) is 79.9 cm³/mol. The summed E-state index contributed by atoms with van der Waals surface area (Å²) in [6.45, 7) is 10.5. The van der Waals surface area contributed by atoms with Gasteiger partial charge in [0, 0.05) is 17.7 Å². The number of amides is 1. The van der Waals surface area contributed by atoms with E-state index in [1.165, 1.54) is 12.0 Å². The quantitative estimate of drug-likeness (QED) is 0.686. The van der Waals surface area contributed by atoms with Gasteiger partial charge in [-0.2, -0.15) is 0 Å². The molecule has 0 bridgehead atoms. The summed E-state index contributed by atoms with van der Waals surface area (Å²) in [6.07, 6.45) is 8.72. The SMILES string of the molecule is C=C(C)[C@@H]1CC=C(C(=O)N2C(C)CCCC2C)CC1. The largest absolute Gasteiger partial charge is 0.334 e. The van der Waals surface area contributed by atoms with Crippen LogP contribution in [-0.2, 0) is 4.79 Å². The van der Waals surface area contributed by atoms with Gasteiger partial charge < -0.3 is 4.90 Å². The number of carbonyl (C=O) groups is 1. The van der Waals surface area contributed by atoms with Crippen LogP contribution in [0.2, 0.25) is 0 Å². The van der Waals surface area contributed by atoms with Crippen LogP contribution in [-0.4, -0.2) is 22.9 Å². The van der Waals surface area contributed by atoms with Gasteiger partial charge in [0.1, 0.15) is 0 Å². The maximum atomic E-state index is 12.7. The van der Waals surface area contributed by atoms with E-state index in [0.29, 0.717) is 23.9 Å². The standard InChI is InChI=1S/C17H27NO/c1-12(2)15-8-10-16(11-9-15)17(19)18-13(3)6-5-7-14(18)4/h10,13-15H,1,5-9,11H2,2-4H3/t13?,14?,15-/m1/s1. The lowest BCUT2D eigenvalue weighted by molar-refractivity contribution is -0.133. The van der Waals surface area contributed by atoms with E-state index in [0.717, 1.165) is 37.7 Å². The first-order valence-corrected chi connectivity index (χ1v) is 7.67. The van der Waals surface area contributed by atoms with E-state index < -0.39 is 0 Å². The Balaban J connectivity index is 2.05. The fourth-order valence-electron chi connectivity index (χ4n) is 3.46. The fourth-order valence-corrected chi connectivity index (χ4v) is 3.46. The molecule has 0 aromatic rings. The van der Waals surface area contributed by atoms with E-state index in [9.17, 15) is 4.79 Å². The van der Waals surface area contributed by atoms with Crippen LogP contribution >= 0.6 is 0 Å². The Morgan fingerprint density at radius 1 is 1.26 bits per heavy atom. The van der Waals surface area contributed by atoms with Crippen molar-refractivity contribution in [2.75, 3.05) is 0 Å². The Kier molecular flexibility index (Phi) is 4.49. The molecule has 1 saturated heterocycles. The average molecular weight is 261 g/mol. The van der Waals surface area contributed by atoms with Crippen LogP contribution in [0.3, 0.4) is 0 Å². The summed E-state index contributed by atoms with van der Waals surface area (Å²) in [5.41, 5.74) is 2.29. The first kappa shape index (κ1) is 14.4. The maximum absolute atomic E-state index is 12.7. The third-order valence-corrected chi connectivity index (χ3v) is 4.81. The first-order valence-electron chi connectivity index (χ1n) is 7.67. The van der Waals surface area contributed by atoms with Crippen molar-refractivity contribution in [1.82, 2.24) is 4.90 Å². The van der Waals surface area contributed by atoms with Gasteiger partial charge in [0.2, 0.25) is 5.91 Å². The molecule has 0 aromatic carbocycles. The molecule has 2 nitrogen and oxygen atoms in total. The highest BCUT2D eigenvalue weighted by molar-refractivity contribution is 5.94. The van der Waals surface area contributed by atoms with Crippen molar-refractivity contribution in [3.05, 3.63) is 23.8 Å². The highest BCUT2D eigenvalue weighted by Crippen LogP contribution is 2.31. The van der Waals surface area contributed by atoms with Crippen molar-refractivity contribution in [3.63, 3.8) is 0 Å². The first-order chi connectivity index (χ1) is 9.00. The lowest BCUT2D eigenvalue weighted by Crippen LogP contribution is -2.48. The summed E-state index contributed by atoms with van der Waals surface area (Å²) in [5.74, 6) is 0.868. The molecule has 0 spiro atoms. The second-order valence-electron chi connectivity index (χ2n) is 6.39. The Bertz CT molecular complexity index is 386. The van der Waals surface area contributed by atoms with Gasteiger partial charge in [0.15, 0.2) is 0 Å². The van der Waals surface area contributed by atoms with Gasteiger partial charge in [-0.25, -0.2) is 0 Å². The van der Waals surface area contributed by atoms with Crippen LogP contribution in [0, 0.1) is 5.92 Å². The molecular weight excluding hydrogens is 234 g/mol. The van der Waals surface area contributed by atoms with Crippen molar-refractivity contribution in [1.29, 1.82) is 0 Å². The number of carbonyl (C=O) groups excluding carboxylic acids is 1. The molecule has 2 heteroatoms. The highest BCUT2D eigenvalue weighted by Gasteiger charge is 2.31. The summed E-state index contributed by atoms with van der Waals surface area (Å²) >= 11 is 0. The van der Waals surface area contributed by atoms with Crippen molar-refractivity contribution in [2.24, 2.45) is 5.92 Å². The van der Waals surface area contributed by atoms with Gasteiger partial charge in [-0.1, -0.05) is 18.2 Å². The van der Waals surface area contributed by atoms with Gasteiger partial charge in [-0.15, -0.1) is 0 Å². The van der Waals surface area contributed by atoms with Crippen LogP contribution in [0.15, 0.2) is 23.8 Å². The van der Waals surface area contributed by atoms with Crippen LogP contribution in [0.4, 0.5) is 0 Å². The molecule has 2 unspecified atom stereocenters. The Labute approximate surface area is 117 Å². The van der Waals surface area contributed by atoms with Crippen molar-refractivity contribution in [2.45, 2.75) is 71.4 Å². The summed E-state index contributed by atoms with van der Waals surface area (Å²) in [6, 6.07) is 0.798. The molecule has 19 heavy (non-hydrogen) atoms. The van der Waals surface area contributed by atoms with Gasteiger partial charge >= 0.3 is 0 Å². The molecule has 0 N–H and O–H groups in total. The molecule has 2 aliphatic rings. The van der Waals surface area contributed by atoms with Gasteiger partial charge in [0.05, 0.1) is 0 Å². The highest BCUT2D eigenvalue weighted by atomic mass is 16.2. The molecular formula is C17H27NO. The number of allylic oxidation sites excluding steroid dienone is 2. The van der Waals surface area contributed by atoms with Crippen molar-refractivity contribution in [3.8, 4) is 0 Å². The molecule has 2 rings (SSSR count). The fraction of sp³-hybridized carbons (Fsp3) is 0.706. The van der Waals surface area contributed by atoms with Crippen LogP contribution in [0.1, 0.15) is 59.3 Å². The third kappa shape index (κ3) is 3.10. The van der Waals surface area contributed by atoms with Crippen LogP contribution in [0.25, 0.3) is 0 Å². The second kappa shape index (κ2) is 5.94. The van der Waals surface area contributed by atoms with E-state index in [1.807, 2.05) is 0 Å². The number of hydrogen-bond acceptors (Lipinski definition) is 1. The van der Waals surface area contributed by atoms with Crippen molar-refractivity contribution >= 4 is 5.91 Å². The molecule has 1 fully saturated rings. The van der Waals surface area contributed by atoms with E-state index in [4.69, 9.17) is 0 Å². The minimum absolute atomic E-state index is 0.292. The minimum atomic E-state index is 0.292. The van der Waals surface area contributed by atoms with Crippen LogP contribution in [0.5, 0.6) is 0 Å². The number of rotatable bonds is 2. The molecule has 0 saturated carbocycles. The summed E-state index contributed by atoms with van der Waals surface area (Å²) in [7, 11) is 0. The number of nitrogens with zero attached hydrogens (tertiary/aromatic N) is 1. The zero-order valence-corrected chi connectivity index (χ0v) is 12.6. The number of likely N-dealkylation sites (tertiary alicyclic amines) is 1. The zero-order chi connectivity index (χ0) is 14.0. The summed E-state index contributed by atoms with van der Waals surface area (Å²) in [4.78, 5) is 14.8. The molecule has 0 aromatic heterocycles. The molecule has 1 aliphatic carbocycles. The molecule has 106 valence electrons. The Hall–Kier alpha value is -1.05. The van der Waals surface area contributed by atoms with Gasteiger partial charge in [-0.05, 0) is 65.2 Å². The summed E-state index contributed by atoms with van der Waals surface area (Å²) in [5, 5.41) is 0. The second-order valence-corrected chi connectivity index (χ2v) is 6.39. The Morgan fingerprint density at radius 2 is 1.89 bits per heavy atom. The monoisotopic (exact) mass is 261 g/mol. The van der Waals surface area contributed by atoms with E-state index in [-0.39, 0.29) is 0 Å². The van der Waals surface area contributed by atoms with E-state index >= 15 is 0 Å². The van der Waals surface area contributed by atoms with Crippen LogP contribution < -0.4 is 0 Å². The topological polar surface area (TPSA) is 20.3 Å². The smallest absolute Gasteiger partial charge is 0.249 e. The lowest BCUT2D eigenvalue weighted by Gasteiger charge is -2.40. The number of hydrogen-bond donors (Lipinski definition) is 0. The molecule has 1 heterocycles. The lowest BCUT2D eigenvalue weighted by atomic mass is 9.84. The predicted octanol–water partition coefficient (Wildman–Crippen LogP) is 4.08. The molecule has 1 amide bonds. The average Bonchev–Trinajstić information content (AvgIpc) is 2.38. The zero-order valence-electron chi connectivity index (χ0n) is 12.6. The van der Waals surface area contributed by atoms with Gasteiger partial charge in [-0.3, -0.25) is 4.79 Å². The molecule has 1 aliphatic heterocycles. The van der Waals surface area contributed by atoms with E-state index in [2.05, 4.69) is 38.3 Å². The maximum Gasteiger partial charge on any atom is 0.249 e.